The molecule has 0 fully saturated rings. The summed E-state index contributed by atoms with van der Waals surface area (Å²) < 4.78 is 1.41. The molecule has 14 heavy (non-hydrogen) atoms. The smallest absolute Gasteiger partial charge is 0.199 e. The molecule has 0 amide bonds. The van der Waals surface area contributed by atoms with E-state index in [1.165, 1.54) is 16.8 Å². The summed E-state index contributed by atoms with van der Waals surface area (Å²) in [5, 5.41) is 19.1. The molecule has 1 aromatic heterocycles. The number of nitrogens with zero attached hydrogens (tertiary/aromatic N) is 1. The van der Waals surface area contributed by atoms with Crippen molar-refractivity contribution in [2.45, 2.75) is 0 Å². The van der Waals surface area contributed by atoms with Gasteiger partial charge in [-0.3, -0.25) is 4.57 Å². The monoisotopic (exact) mass is 209 g/mol. The van der Waals surface area contributed by atoms with Crippen molar-refractivity contribution in [2.75, 3.05) is 0 Å². The number of aromatic hydroxyl groups is 2. The molecular weight excluding hydrogens is 202 g/mol. The molecule has 0 saturated heterocycles. The Kier molecular flexibility index (Phi) is 2.09. The second kappa shape index (κ2) is 3.27. The first-order valence-electron chi connectivity index (χ1n) is 4.03. The largest absolute Gasteiger partial charge is 0.506 e. The van der Waals surface area contributed by atoms with E-state index >= 15 is 0 Å². The topological polar surface area (TPSA) is 45.4 Å². The second-order valence-corrected chi connectivity index (χ2v) is 3.29. The fourth-order valence-electron chi connectivity index (χ4n) is 1.28. The molecule has 4 heteroatoms. The molecule has 0 radical (unpaired) electrons. The molecule has 0 aliphatic carbocycles. The van der Waals surface area contributed by atoms with Gasteiger partial charge < -0.3 is 10.2 Å². The van der Waals surface area contributed by atoms with E-state index in [1.54, 1.807) is 24.3 Å². The second-order valence-electron chi connectivity index (χ2n) is 2.88. The predicted molar refractivity (Wildman–Crippen MR) is 54.1 cm³/mol. The molecule has 0 saturated carbocycles. The van der Waals surface area contributed by atoms with Gasteiger partial charge >= 0.3 is 0 Å². The average Bonchev–Trinajstić information content (AvgIpc) is 2.46. The molecule has 72 valence electrons. The van der Waals surface area contributed by atoms with Gasteiger partial charge in [0, 0.05) is 6.07 Å². The highest BCUT2D eigenvalue weighted by Gasteiger charge is 2.07. The maximum absolute atomic E-state index is 9.45. The molecule has 0 bridgehead atoms. The fourth-order valence-corrected chi connectivity index (χ4v) is 1.50. The SMILES string of the molecule is Oc1cc(O)n(-c2ccccc2Cl)c1. The van der Waals surface area contributed by atoms with Crippen molar-refractivity contribution >= 4 is 11.6 Å². The lowest BCUT2D eigenvalue weighted by Gasteiger charge is -2.05. The van der Waals surface area contributed by atoms with Crippen molar-refractivity contribution in [3.05, 3.63) is 41.6 Å². The van der Waals surface area contributed by atoms with Gasteiger partial charge in [0.05, 0.1) is 16.9 Å². The van der Waals surface area contributed by atoms with E-state index in [9.17, 15) is 5.11 Å². The summed E-state index contributed by atoms with van der Waals surface area (Å²) in [6, 6.07) is 8.32. The minimum Gasteiger partial charge on any atom is -0.506 e. The highest BCUT2D eigenvalue weighted by atomic mass is 35.5. The van der Waals surface area contributed by atoms with Crippen LogP contribution in [0.15, 0.2) is 36.5 Å². The third kappa shape index (κ3) is 1.42. The molecule has 2 rings (SSSR count). The number of aromatic nitrogens is 1. The van der Waals surface area contributed by atoms with Crippen LogP contribution in [0, 0.1) is 0 Å². The fraction of sp³-hybridized carbons (Fsp3) is 0. The number of rotatable bonds is 1. The lowest BCUT2D eigenvalue weighted by Crippen LogP contribution is -1.91. The van der Waals surface area contributed by atoms with E-state index in [1.807, 2.05) is 0 Å². The van der Waals surface area contributed by atoms with Gasteiger partial charge in [-0.1, -0.05) is 23.7 Å². The third-order valence-corrected chi connectivity index (χ3v) is 2.22. The van der Waals surface area contributed by atoms with Crippen LogP contribution < -0.4 is 0 Å². The van der Waals surface area contributed by atoms with Crippen molar-refractivity contribution < 1.29 is 10.2 Å². The standard InChI is InChI=1S/C10H8ClNO2/c11-8-3-1-2-4-9(8)12-6-7(13)5-10(12)14/h1-6,13-14H. The number of halogens is 1. The van der Waals surface area contributed by atoms with E-state index in [2.05, 4.69) is 0 Å². The molecule has 2 aromatic rings. The lowest BCUT2D eigenvalue weighted by atomic mass is 10.3. The first-order chi connectivity index (χ1) is 6.68. The summed E-state index contributed by atoms with van der Waals surface area (Å²) in [4.78, 5) is 0. The number of para-hydroxylation sites is 1. The predicted octanol–water partition coefficient (Wildman–Crippen LogP) is 2.54. The molecule has 0 aliphatic rings. The van der Waals surface area contributed by atoms with Gasteiger partial charge in [0.2, 0.25) is 0 Å². The first kappa shape index (κ1) is 8.97. The van der Waals surface area contributed by atoms with Gasteiger partial charge in [-0.15, -0.1) is 0 Å². The van der Waals surface area contributed by atoms with E-state index in [-0.39, 0.29) is 11.6 Å². The minimum absolute atomic E-state index is 0.00224. The summed E-state index contributed by atoms with van der Waals surface area (Å²) in [6.45, 7) is 0. The Labute approximate surface area is 85.8 Å². The van der Waals surface area contributed by atoms with Crippen LogP contribution in [0.2, 0.25) is 5.02 Å². The van der Waals surface area contributed by atoms with Crippen molar-refractivity contribution in [3.63, 3.8) is 0 Å². The van der Waals surface area contributed by atoms with Crippen LogP contribution in [0.3, 0.4) is 0 Å². The van der Waals surface area contributed by atoms with Crippen molar-refractivity contribution in [1.82, 2.24) is 4.57 Å². The Morgan fingerprint density at radius 3 is 2.43 bits per heavy atom. The molecule has 0 unspecified atom stereocenters. The van der Waals surface area contributed by atoms with E-state index in [4.69, 9.17) is 16.7 Å². The third-order valence-electron chi connectivity index (χ3n) is 1.90. The zero-order chi connectivity index (χ0) is 10.1. The molecule has 0 atom stereocenters. The quantitative estimate of drug-likeness (QED) is 0.758. The zero-order valence-corrected chi connectivity index (χ0v) is 7.94. The van der Waals surface area contributed by atoms with Crippen LogP contribution in [-0.2, 0) is 0 Å². The number of hydrogen-bond acceptors (Lipinski definition) is 2. The molecule has 1 heterocycles. The van der Waals surface area contributed by atoms with Crippen molar-refractivity contribution in [1.29, 1.82) is 0 Å². The van der Waals surface area contributed by atoms with E-state index < -0.39 is 0 Å². The zero-order valence-electron chi connectivity index (χ0n) is 7.18. The molecule has 0 spiro atoms. The number of benzene rings is 1. The Bertz CT molecular complexity index is 465. The molecule has 2 N–H and O–H groups in total. The van der Waals surface area contributed by atoms with Crippen LogP contribution >= 0.6 is 11.6 Å². The Morgan fingerprint density at radius 2 is 1.86 bits per heavy atom. The van der Waals surface area contributed by atoms with Gasteiger partial charge in [-0.2, -0.15) is 0 Å². The first-order valence-corrected chi connectivity index (χ1v) is 4.41. The van der Waals surface area contributed by atoms with E-state index in [0.29, 0.717) is 10.7 Å². The van der Waals surface area contributed by atoms with Crippen LogP contribution in [-0.4, -0.2) is 14.8 Å². The summed E-state index contributed by atoms with van der Waals surface area (Å²) in [6.07, 6.45) is 1.40. The van der Waals surface area contributed by atoms with Gasteiger partial charge in [0.25, 0.3) is 0 Å². The maximum Gasteiger partial charge on any atom is 0.199 e. The molecule has 0 aliphatic heterocycles. The Morgan fingerprint density at radius 1 is 1.14 bits per heavy atom. The van der Waals surface area contributed by atoms with Crippen LogP contribution in [0.1, 0.15) is 0 Å². The Balaban J connectivity index is 2.60. The van der Waals surface area contributed by atoms with Crippen molar-refractivity contribution in [3.8, 4) is 17.3 Å². The molecule has 3 nitrogen and oxygen atoms in total. The Hall–Kier alpha value is -1.61. The number of hydrogen-bond donors (Lipinski definition) is 2. The lowest BCUT2D eigenvalue weighted by molar-refractivity contribution is 0.441. The van der Waals surface area contributed by atoms with Crippen molar-refractivity contribution in [2.24, 2.45) is 0 Å². The summed E-state index contributed by atoms with van der Waals surface area (Å²) >= 11 is 5.93. The normalized spacial score (nSPS) is 10.4. The highest BCUT2D eigenvalue weighted by molar-refractivity contribution is 6.32. The van der Waals surface area contributed by atoms with Crippen LogP contribution in [0.5, 0.6) is 11.6 Å². The average molecular weight is 210 g/mol. The maximum atomic E-state index is 9.45. The highest BCUT2D eigenvalue weighted by Crippen LogP contribution is 2.28. The van der Waals surface area contributed by atoms with Gasteiger partial charge in [-0.25, -0.2) is 0 Å². The van der Waals surface area contributed by atoms with Crippen LogP contribution in [0.25, 0.3) is 5.69 Å². The van der Waals surface area contributed by atoms with Gasteiger partial charge in [0.15, 0.2) is 5.88 Å². The summed E-state index contributed by atoms with van der Waals surface area (Å²) in [7, 11) is 0. The molecular formula is C10H8ClNO2. The summed E-state index contributed by atoms with van der Waals surface area (Å²) in [5.74, 6) is -0.0435. The van der Waals surface area contributed by atoms with Gasteiger partial charge in [0.1, 0.15) is 5.75 Å². The van der Waals surface area contributed by atoms with E-state index in [0.717, 1.165) is 0 Å². The van der Waals surface area contributed by atoms with Gasteiger partial charge in [-0.05, 0) is 12.1 Å². The molecule has 1 aromatic carbocycles. The minimum atomic E-state index is -0.0457. The summed E-state index contributed by atoms with van der Waals surface area (Å²) in [5.41, 5.74) is 0.631. The van der Waals surface area contributed by atoms with Crippen LogP contribution in [0.4, 0.5) is 0 Å².